The van der Waals surface area contributed by atoms with Crippen molar-refractivity contribution in [2.24, 2.45) is 0 Å². The molecule has 1 aliphatic rings. The number of hydrogen-bond acceptors (Lipinski definition) is 5. The van der Waals surface area contributed by atoms with Gasteiger partial charge >= 0.3 is 0 Å². The third kappa shape index (κ3) is 3.08. The summed E-state index contributed by atoms with van der Waals surface area (Å²) in [4.78, 5) is 12.4. The van der Waals surface area contributed by atoms with Gasteiger partial charge in [0.15, 0.2) is 23.0 Å². The van der Waals surface area contributed by atoms with E-state index >= 15 is 0 Å². The van der Waals surface area contributed by atoms with E-state index in [4.69, 9.17) is 18.9 Å². The Kier molecular flexibility index (Phi) is 4.46. The molecule has 0 aliphatic carbocycles. The quantitative estimate of drug-likeness (QED) is 0.913. The van der Waals surface area contributed by atoms with E-state index in [1.807, 2.05) is 25.1 Å². The second-order valence-corrected chi connectivity index (χ2v) is 5.38. The SMILES string of the molecule is COc1ccc([C@@H](C)NC(=O)c2ccc3c(c2)OCO3)cc1OC. The summed E-state index contributed by atoms with van der Waals surface area (Å²) >= 11 is 0. The number of hydrogen-bond donors (Lipinski definition) is 1. The van der Waals surface area contributed by atoms with Gasteiger partial charge in [-0.05, 0) is 42.8 Å². The molecule has 6 heteroatoms. The number of carbonyl (C=O) groups is 1. The third-order valence-corrected chi connectivity index (χ3v) is 3.89. The number of amides is 1. The van der Waals surface area contributed by atoms with Crippen molar-refractivity contribution >= 4 is 5.91 Å². The highest BCUT2D eigenvalue weighted by Crippen LogP contribution is 2.33. The Morgan fingerprint density at radius 2 is 1.79 bits per heavy atom. The predicted octanol–water partition coefficient (Wildman–Crippen LogP) is 2.92. The van der Waals surface area contributed by atoms with E-state index in [0.29, 0.717) is 28.6 Å². The molecule has 6 nitrogen and oxygen atoms in total. The van der Waals surface area contributed by atoms with Crippen molar-refractivity contribution in [2.75, 3.05) is 21.0 Å². The van der Waals surface area contributed by atoms with Crippen LogP contribution in [0.1, 0.15) is 28.9 Å². The lowest BCUT2D eigenvalue weighted by Crippen LogP contribution is -2.26. The molecule has 2 aromatic carbocycles. The largest absolute Gasteiger partial charge is 0.493 e. The summed E-state index contributed by atoms with van der Waals surface area (Å²) in [6, 6.07) is 10.5. The van der Waals surface area contributed by atoms with Crippen LogP contribution in [-0.4, -0.2) is 26.9 Å². The zero-order valence-electron chi connectivity index (χ0n) is 13.8. The molecule has 0 saturated heterocycles. The number of rotatable bonds is 5. The molecular formula is C18H19NO5. The maximum absolute atomic E-state index is 12.4. The van der Waals surface area contributed by atoms with E-state index in [-0.39, 0.29) is 18.7 Å². The van der Waals surface area contributed by atoms with Gasteiger partial charge in [0.2, 0.25) is 6.79 Å². The van der Waals surface area contributed by atoms with Crippen LogP contribution in [0.25, 0.3) is 0 Å². The zero-order valence-corrected chi connectivity index (χ0v) is 13.8. The first kappa shape index (κ1) is 16.0. The van der Waals surface area contributed by atoms with Gasteiger partial charge in [0.05, 0.1) is 20.3 Å². The van der Waals surface area contributed by atoms with Crippen LogP contribution in [-0.2, 0) is 0 Å². The number of ether oxygens (including phenoxy) is 4. The van der Waals surface area contributed by atoms with Crippen molar-refractivity contribution in [3.05, 3.63) is 47.5 Å². The van der Waals surface area contributed by atoms with Crippen molar-refractivity contribution in [3.63, 3.8) is 0 Å². The average Bonchev–Trinajstić information content (AvgIpc) is 3.08. The topological polar surface area (TPSA) is 66.0 Å². The van der Waals surface area contributed by atoms with Gasteiger partial charge in [-0.3, -0.25) is 4.79 Å². The molecule has 1 amide bonds. The van der Waals surface area contributed by atoms with Gasteiger partial charge in [-0.1, -0.05) is 6.07 Å². The summed E-state index contributed by atoms with van der Waals surface area (Å²) in [6.45, 7) is 2.09. The van der Waals surface area contributed by atoms with Crippen molar-refractivity contribution in [1.82, 2.24) is 5.32 Å². The van der Waals surface area contributed by atoms with Crippen LogP contribution in [0.2, 0.25) is 0 Å². The van der Waals surface area contributed by atoms with E-state index in [0.717, 1.165) is 5.56 Å². The highest BCUT2D eigenvalue weighted by Gasteiger charge is 2.18. The molecule has 24 heavy (non-hydrogen) atoms. The van der Waals surface area contributed by atoms with Crippen LogP contribution in [0.3, 0.4) is 0 Å². The van der Waals surface area contributed by atoms with Crippen LogP contribution >= 0.6 is 0 Å². The van der Waals surface area contributed by atoms with Gasteiger partial charge in [-0.15, -0.1) is 0 Å². The monoisotopic (exact) mass is 329 g/mol. The summed E-state index contributed by atoms with van der Waals surface area (Å²) in [5.74, 6) is 2.33. The smallest absolute Gasteiger partial charge is 0.251 e. The Hall–Kier alpha value is -2.89. The van der Waals surface area contributed by atoms with Crippen LogP contribution in [0, 0.1) is 0 Å². The van der Waals surface area contributed by atoms with E-state index in [1.54, 1.807) is 32.4 Å². The minimum absolute atomic E-state index is 0.183. The standard InChI is InChI=1S/C18H19NO5/c1-11(12-4-6-14(21-2)16(8-12)22-3)19-18(20)13-5-7-15-17(9-13)24-10-23-15/h4-9,11H,10H2,1-3H3,(H,19,20)/t11-/m1/s1. The molecule has 0 spiro atoms. The zero-order chi connectivity index (χ0) is 17.1. The molecule has 1 heterocycles. The van der Waals surface area contributed by atoms with E-state index in [9.17, 15) is 4.79 Å². The van der Waals surface area contributed by atoms with Crippen molar-refractivity contribution in [1.29, 1.82) is 0 Å². The predicted molar refractivity (Wildman–Crippen MR) is 88.0 cm³/mol. The molecule has 0 saturated carbocycles. The van der Waals surface area contributed by atoms with Gasteiger partial charge in [-0.25, -0.2) is 0 Å². The lowest BCUT2D eigenvalue weighted by Gasteiger charge is -2.16. The molecular weight excluding hydrogens is 310 g/mol. The maximum Gasteiger partial charge on any atom is 0.251 e. The number of carbonyl (C=O) groups excluding carboxylic acids is 1. The van der Waals surface area contributed by atoms with Crippen molar-refractivity contribution in [3.8, 4) is 23.0 Å². The second-order valence-electron chi connectivity index (χ2n) is 5.38. The minimum Gasteiger partial charge on any atom is -0.493 e. The number of fused-ring (bicyclic) bond motifs is 1. The first-order chi connectivity index (χ1) is 11.6. The highest BCUT2D eigenvalue weighted by atomic mass is 16.7. The van der Waals surface area contributed by atoms with Crippen LogP contribution in [0.15, 0.2) is 36.4 Å². The highest BCUT2D eigenvalue weighted by molar-refractivity contribution is 5.95. The Balaban J connectivity index is 1.74. The van der Waals surface area contributed by atoms with Gasteiger partial charge in [-0.2, -0.15) is 0 Å². The summed E-state index contributed by atoms with van der Waals surface area (Å²) in [5, 5.41) is 2.96. The Morgan fingerprint density at radius 3 is 2.54 bits per heavy atom. The molecule has 1 aliphatic heterocycles. The first-order valence-corrected chi connectivity index (χ1v) is 7.55. The molecule has 3 rings (SSSR count). The Bertz CT molecular complexity index is 759. The lowest BCUT2D eigenvalue weighted by atomic mass is 10.1. The summed E-state index contributed by atoms with van der Waals surface area (Å²) in [6.07, 6.45) is 0. The molecule has 0 fully saturated rings. The Morgan fingerprint density at radius 1 is 1.04 bits per heavy atom. The fourth-order valence-corrected chi connectivity index (χ4v) is 2.52. The number of nitrogens with one attached hydrogen (secondary N) is 1. The molecule has 0 radical (unpaired) electrons. The van der Waals surface area contributed by atoms with Crippen LogP contribution in [0.4, 0.5) is 0 Å². The van der Waals surface area contributed by atoms with Crippen LogP contribution < -0.4 is 24.3 Å². The van der Waals surface area contributed by atoms with Gasteiger partial charge in [0.25, 0.3) is 5.91 Å². The van der Waals surface area contributed by atoms with E-state index in [2.05, 4.69) is 5.32 Å². The molecule has 0 bridgehead atoms. The fraction of sp³-hybridized carbons (Fsp3) is 0.278. The average molecular weight is 329 g/mol. The fourth-order valence-electron chi connectivity index (χ4n) is 2.52. The molecule has 0 aromatic heterocycles. The summed E-state index contributed by atoms with van der Waals surface area (Å²) in [5.41, 5.74) is 1.44. The van der Waals surface area contributed by atoms with Crippen molar-refractivity contribution < 1.29 is 23.7 Å². The summed E-state index contributed by atoms with van der Waals surface area (Å²) in [7, 11) is 3.17. The lowest BCUT2D eigenvalue weighted by molar-refractivity contribution is 0.0939. The summed E-state index contributed by atoms with van der Waals surface area (Å²) < 4.78 is 21.1. The minimum atomic E-state index is -0.192. The normalized spacial score (nSPS) is 13.3. The third-order valence-electron chi connectivity index (χ3n) is 3.89. The molecule has 1 N–H and O–H groups in total. The van der Waals surface area contributed by atoms with Crippen molar-refractivity contribution in [2.45, 2.75) is 13.0 Å². The number of benzene rings is 2. The molecule has 126 valence electrons. The molecule has 0 unspecified atom stereocenters. The Labute approximate surface area is 140 Å². The van der Waals surface area contributed by atoms with Gasteiger partial charge in [0.1, 0.15) is 0 Å². The van der Waals surface area contributed by atoms with E-state index in [1.165, 1.54) is 0 Å². The number of methoxy groups -OCH3 is 2. The first-order valence-electron chi connectivity index (χ1n) is 7.55. The van der Waals surface area contributed by atoms with Crippen LogP contribution in [0.5, 0.6) is 23.0 Å². The van der Waals surface area contributed by atoms with E-state index < -0.39 is 0 Å². The maximum atomic E-state index is 12.4. The molecule has 1 atom stereocenters. The second kappa shape index (κ2) is 6.70. The molecule has 2 aromatic rings. The van der Waals surface area contributed by atoms with Gasteiger partial charge in [0, 0.05) is 5.56 Å². The van der Waals surface area contributed by atoms with Gasteiger partial charge < -0.3 is 24.3 Å².